The molecular formula is BiLiSrZn. The fourth-order valence-corrected chi connectivity index (χ4v) is 0. The minimum absolute atomic E-state index is 0. The SMILES string of the molecule is [Bi].[Li].[Sr].[Zn]. The van der Waals surface area contributed by atoms with Gasteiger partial charge in [-0.25, -0.2) is 0 Å². The third-order valence-electron chi connectivity index (χ3n) is 0. The van der Waals surface area contributed by atoms with Gasteiger partial charge in [0, 0.05) is 110 Å². The van der Waals surface area contributed by atoms with Crippen LogP contribution in [0.2, 0.25) is 0 Å². The van der Waals surface area contributed by atoms with Gasteiger partial charge >= 0.3 is 0 Å². The van der Waals surface area contributed by atoms with Crippen LogP contribution in [0.1, 0.15) is 0 Å². The Balaban J connectivity index is 0. The Morgan fingerprint density at radius 2 is 1.00 bits per heavy atom. The van der Waals surface area contributed by atoms with Crippen LogP contribution in [0.4, 0.5) is 0 Å². The Morgan fingerprint density at radius 1 is 1.00 bits per heavy atom. The van der Waals surface area contributed by atoms with Crippen LogP contribution in [-0.4, -0.2) is 90.5 Å². The fourth-order valence-electron chi connectivity index (χ4n) is 0. The molecule has 0 spiro atoms. The summed E-state index contributed by atoms with van der Waals surface area (Å²) < 4.78 is 0. The summed E-state index contributed by atoms with van der Waals surface area (Å²) in [5.74, 6) is 0. The number of rotatable bonds is 0. The maximum atomic E-state index is 0. The van der Waals surface area contributed by atoms with Crippen LogP contribution in [-0.2, 0) is 19.5 Å². The molecule has 6 radical (unpaired) electrons. The maximum absolute atomic E-state index is 0. The second-order valence-electron chi connectivity index (χ2n) is 0. The molecule has 0 heterocycles. The summed E-state index contributed by atoms with van der Waals surface area (Å²) in [6.45, 7) is 0. The Kier molecular flexibility index (Phi) is 102. The van der Waals surface area contributed by atoms with Crippen molar-refractivity contribution in [2.24, 2.45) is 0 Å². The van der Waals surface area contributed by atoms with Crippen LogP contribution < -0.4 is 0 Å². The summed E-state index contributed by atoms with van der Waals surface area (Å²) in [6, 6.07) is 0. The van der Waals surface area contributed by atoms with E-state index in [1.54, 1.807) is 0 Å². The van der Waals surface area contributed by atoms with Crippen LogP contribution >= 0.6 is 0 Å². The molecule has 0 rings (SSSR count). The maximum Gasteiger partial charge on any atom is 0 e. The van der Waals surface area contributed by atoms with Crippen molar-refractivity contribution >= 4 is 90.5 Å². The van der Waals surface area contributed by atoms with Crippen molar-refractivity contribution in [1.29, 1.82) is 0 Å². The van der Waals surface area contributed by atoms with E-state index in [1.165, 1.54) is 0 Å². The number of hydrogen-bond acceptors (Lipinski definition) is 0. The van der Waals surface area contributed by atoms with Crippen LogP contribution in [0.3, 0.4) is 0 Å². The van der Waals surface area contributed by atoms with E-state index in [4.69, 9.17) is 0 Å². The van der Waals surface area contributed by atoms with Gasteiger partial charge in [-0.05, 0) is 0 Å². The first kappa shape index (κ1) is 25.6. The molecule has 0 aliphatic carbocycles. The Hall–Kier alpha value is 3.58. The quantitative estimate of drug-likeness (QED) is 0.474. The first-order chi connectivity index (χ1) is 0. The van der Waals surface area contributed by atoms with Gasteiger partial charge in [0.05, 0.1) is 0 Å². The average Bonchev–Trinajstić information content (AvgIpc) is 0. The van der Waals surface area contributed by atoms with Gasteiger partial charge in [-0.3, -0.25) is 0 Å². The molecule has 0 aromatic heterocycles. The smallest absolute Gasteiger partial charge is 0 e. The fraction of sp³-hybridized carbons (Fsp3) is 0. The van der Waals surface area contributed by atoms with E-state index in [0.29, 0.717) is 0 Å². The van der Waals surface area contributed by atoms with Crippen molar-refractivity contribution in [3.05, 3.63) is 0 Å². The Bertz CT molecular complexity index is 8.00. The van der Waals surface area contributed by atoms with Gasteiger partial charge in [-0.15, -0.1) is 0 Å². The zero-order valence-corrected chi connectivity index (χ0v) is 12.8. The van der Waals surface area contributed by atoms with Gasteiger partial charge in [-0.1, -0.05) is 0 Å². The molecule has 0 saturated carbocycles. The third kappa shape index (κ3) is 9.14. The molecule has 0 nitrogen and oxygen atoms in total. The summed E-state index contributed by atoms with van der Waals surface area (Å²) in [6.07, 6.45) is 0. The van der Waals surface area contributed by atoms with E-state index < -0.39 is 0 Å². The largest absolute Gasteiger partial charge is 0 e. The zero-order valence-electron chi connectivity index (χ0n) is 2.86. The summed E-state index contributed by atoms with van der Waals surface area (Å²) in [5.41, 5.74) is 0. The van der Waals surface area contributed by atoms with Crippen molar-refractivity contribution in [2.75, 3.05) is 0 Å². The van der Waals surface area contributed by atoms with Crippen molar-refractivity contribution in [1.82, 2.24) is 0 Å². The van der Waals surface area contributed by atoms with Gasteiger partial charge < -0.3 is 0 Å². The van der Waals surface area contributed by atoms with E-state index in [9.17, 15) is 0 Å². The molecule has 0 N–H and O–H groups in total. The van der Waals surface area contributed by atoms with Gasteiger partial charge in [0.15, 0.2) is 0 Å². The Labute approximate surface area is 107 Å². The minimum atomic E-state index is 0. The normalized spacial score (nSPS) is 0. The zero-order chi connectivity index (χ0) is 0. The monoisotopic (exact) mass is 368 g/mol. The van der Waals surface area contributed by atoms with E-state index in [-0.39, 0.29) is 110 Å². The van der Waals surface area contributed by atoms with E-state index in [2.05, 4.69) is 0 Å². The van der Waals surface area contributed by atoms with Gasteiger partial charge in [0.2, 0.25) is 0 Å². The molecule has 0 amide bonds. The molecule has 0 aliphatic heterocycles. The molecule has 10 valence electrons. The van der Waals surface area contributed by atoms with Crippen LogP contribution in [0.15, 0.2) is 0 Å². The van der Waals surface area contributed by atoms with E-state index >= 15 is 0 Å². The molecule has 4 heteroatoms. The minimum Gasteiger partial charge on any atom is 0 e. The second-order valence-corrected chi connectivity index (χ2v) is 0. The standard InChI is InChI=1S/Bi.Li.Sr.Zn. The summed E-state index contributed by atoms with van der Waals surface area (Å²) in [4.78, 5) is 0. The molecule has 0 bridgehead atoms. The van der Waals surface area contributed by atoms with Crippen LogP contribution in [0.25, 0.3) is 0 Å². The molecule has 0 unspecified atom stereocenters. The van der Waals surface area contributed by atoms with Gasteiger partial charge in [-0.2, -0.15) is 0 Å². The predicted octanol–water partition coefficient (Wildman–Crippen LogP) is -1.14. The van der Waals surface area contributed by atoms with Crippen LogP contribution in [0, 0.1) is 0 Å². The van der Waals surface area contributed by atoms with Gasteiger partial charge in [0.25, 0.3) is 0 Å². The molecule has 4 heavy (non-hydrogen) atoms. The summed E-state index contributed by atoms with van der Waals surface area (Å²) in [5, 5.41) is 0. The molecule has 0 aromatic carbocycles. The molecule has 0 atom stereocenters. The van der Waals surface area contributed by atoms with Crippen molar-refractivity contribution in [3.8, 4) is 0 Å². The van der Waals surface area contributed by atoms with Crippen LogP contribution in [0.5, 0.6) is 0 Å². The first-order valence-electron chi connectivity index (χ1n) is 0. The molecule has 0 aliphatic rings. The third-order valence-corrected chi connectivity index (χ3v) is 0. The first-order valence-corrected chi connectivity index (χ1v) is 0. The second kappa shape index (κ2) is 16.0. The molecular weight excluding hydrogens is 369 g/mol. The summed E-state index contributed by atoms with van der Waals surface area (Å²) in [7, 11) is 0. The average molecular weight is 369 g/mol. The van der Waals surface area contributed by atoms with Crippen molar-refractivity contribution in [2.45, 2.75) is 0 Å². The number of hydrogen-bond donors (Lipinski definition) is 0. The van der Waals surface area contributed by atoms with Crippen molar-refractivity contribution < 1.29 is 19.5 Å². The topological polar surface area (TPSA) is 0 Å². The van der Waals surface area contributed by atoms with E-state index in [0.717, 1.165) is 0 Å². The van der Waals surface area contributed by atoms with Crippen molar-refractivity contribution in [3.63, 3.8) is 0 Å². The van der Waals surface area contributed by atoms with Gasteiger partial charge in [0.1, 0.15) is 0 Å². The van der Waals surface area contributed by atoms with E-state index in [1.807, 2.05) is 0 Å². The Morgan fingerprint density at radius 3 is 1.00 bits per heavy atom. The summed E-state index contributed by atoms with van der Waals surface area (Å²) >= 11 is 0. The predicted molar refractivity (Wildman–Crippen MR) is 17.3 cm³/mol. The molecule has 0 saturated heterocycles. The molecule has 0 aromatic rings. The molecule has 0 fully saturated rings.